The monoisotopic (exact) mass is 276 g/mol. The molecule has 0 bridgehead atoms. The minimum Gasteiger partial charge on any atom is -0.410 e. The van der Waals surface area contributed by atoms with Crippen LogP contribution in [-0.4, -0.2) is 21.1 Å². The van der Waals surface area contributed by atoms with Crippen molar-refractivity contribution >= 4 is 11.7 Å². The highest BCUT2D eigenvalue weighted by Crippen LogP contribution is 2.22. The Labute approximate surface area is 118 Å². The van der Waals surface area contributed by atoms with Crippen molar-refractivity contribution < 1.29 is 10.0 Å². The molecular weight excluding hydrogens is 256 g/mol. The first kappa shape index (κ1) is 14.3. The molecule has 6 nitrogen and oxygen atoms in total. The van der Waals surface area contributed by atoms with Gasteiger partial charge in [0.2, 0.25) is 0 Å². The van der Waals surface area contributed by atoms with E-state index in [1.807, 2.05) is 0 Å². The molecule has 5 N–H and O–H groups in total. The van der Waals surface area contributed by atoms with Crippen LogP contribution in [0.3, 0.4) is 0 Å². The predicted octanol–water partition coefficient (Wildman–Crippen LogP) is 1.51. The zero-order valence-electron chi connectivity index (χ0n) is 11.4. The molecule has 1 aliphatic carbocycles. The van der Waals surface area contributed by atoms with Gasteiger partial charge in [-0.2, -0.15) is 0 Å². The van der Waals surface area contributed by atoms with Gasteiger partial charge in [0.25, 0.3) is 5.91 Å². The number of nitrogens with two attached hydrogens (primary N) is 2. The van der Waals surface area contributed by atoms with Crippen molar-refractivity contribution in [2.24, 2.45) is 11.7 Å². The summed E-state index contributed by atoms with van der Waals surface area (Å²) < 4.78 is 0. The van der Waals surface area contributed by atoms with Gasteiger partial charge in [-0.15, -0.1) is 5.10 Å². The largest absolute Gasteiger partial charge is 0.410 e. The van der Waals surface area contributed by atoms with E-state index in [1.165, 1.54) is 32.1 Å². The smallest absolute Gasteiger partial charge is 0.255 e. The van der Waals surface area contributed by atoms with Crippen LogP contribution in [0.1, 0.15) is 61.0 Å². The van der Waals surface area contributed by atoms with Gasteiger partial charge in [-0.3, -0.25) is 4.79 Å². The van der Waals surface area contributed by atoms with Crippen LogP contribution in [0.5, 0.6) is 0 Å². The number of carbonyl (C=O) groups excluding carboxylic acids is 1. The maximum Gasteiger partial charge on any atom is 0.255 e. The molecule has 0 saturated heterocycles. The van der Waals surface area contributed by atoms with Crippen LogP contribution in [0.15, 0.2) is 0 Å². The van der Waals surface area contributed by atoms with E-state index < -0.39 is 5.91 Å². The van der Waals surface area contributed by atoms with Crippen molar-refractivity contribution in [2.75, 3.05) is 5.73 Å². The van der Waals surface area contributed by atoms with E-state index in [0.29, 0.717) is 10.8 Å². The summed E-state index contributed by atoms with van der Waals surface area (Å²) in [7, 11) is 0. The lowest BCUT2D eigenvalue weighted by Gasteiger charge is -2.13. The molecule has 1 aliphatic rings. The summed E-state index contributed by atoms with van der Waals surface area (Å²) in [6.45, 7) is 0. The van der Waals surface area contributed by atoms with Gasteiger partial charge < -0.3 is 16.7 Å². The first-order valence-electron chi connectivity index (χ1n) is 6.98. The summed E-state index contributed by atoms with van der Waals surface area (Å²) in [4.78, 5) is 11.8. The number of carbonyl (C=O) groups is 1. The standard InChI is InChI=1S/C14H20N4O2/c15-13-12(14(16)19)11(17-18(13)20)9-8-10-6-4-2-1-3-5-7-10/h10,20H,1-7,15H2,(H2,16,19). The molecule has 20 heavy (non-hydrogen) atoms. The zero-order valence-corrected chi connectivity index (χ0v) is 11.4. The van der Waals surface area contributed by atoms with Gasteiger partial charge in [-0.05, 0) is 18.8 Å². The maximum atomic E-state index is 11.3. The van der Waals surface area contributed by atoms with Crippen LogP contribution in [0.4, 0.5) is 5.82 Å². The number of amides is 1. The Bertz CT molecular complexity index is 546. The van der Waals surface area contributed by atoms with Gasteiger partial charge in [0, 0.05) is 5.92 Å². The van der Waals surface area contributed by atoms with Crippen LogP contribution in [0, 0.1) is 17.8 Å². The lowest BCUT2D eigenvalue weighted by Crippen LogP contribution is -2.14. The van der Waals surface area contributed by atoms with Gasteiger partial charge >= 0.3 is 0 Å². The van der Waals surface area contributed by atoms with Gasteiger partial charge in [-0.1, -0.05) is 42.9 Å². The molecule has 0 radical (unpaired) electrons. The third-order valence-electron chi connectivity index (χ3n) is 3.65. The topological polar surface area (TPSA) is 107 Å². The molecule has 1 heterocycles. The molecule has 2 rings (SSSR count). The van der Waals surface area contributed by atoms with E-state index in [2.05, 4.69) is 16.9 Å². The van der Waals surface area contributed by atoms with Crippen molar-refractivity contribution in [3.05, 3.63) is 11.3 Å². The fourth-order valence-electron chi connectivity index (χ4n) is 2.52. The summed E-state index contributed by atoms with van der Waals surface area (Å²) >= 11 is 0. The molecule has 108 valence electrons. The Morgan fingerprint density at radius 3 is 2.45 bits per heavy atom. The number of rotatable bonds is 1. The van der Waals surface area contributed by atoms with Gasteiger partial charge in [0.1, 0.15) is 5.56 Å². The number of aromatic nitrogens is 2. The van der Waals surface area contributed by atoms with Crippen LogP contribution in [0.2, 0.25) is 0 Å². The average Bonchev–Trinajstić information content (AvgIpc) is 2.63. The fourth-order valence-corrected chi connectivity index (χ4v) is 2.52. The quantitative estimate of drug-likeness (QED) is 0.533. The fraction of sp³-hybridized carbons (Fsp3) is 0.571. The van der Waals surface area contributed by atoms with E-state index in [9.17, 15) is 10.0 Å². The highest BCUT2D eigenvalue weighted by molar-refractivity contribution is 5.99. The molecule has 1 aromatic rings. The second kappa shape index (κ2) is 6.33. The summed E-state index contributed by atoms with van der Waals surface area (Å²) in [5, 5.41) is 13.1. The minimum absolute atomic E-state index is 0.00848. The molecular formula is C14H20N4O2. The second-order valence-electron chi connectivity index (χ2n) is 5.17. The summed E-state index contributed by atoms with van der Waals surface area (Å²) in [6, 6.07) is 0. The molecule has 1 fully saturated rings. The number of hydrogen-bond donors (Lipinski definition) is 3. The lowest BCUT2D eigenvalue weighted by molar-refractivity contribution is 0.0999. The summed E-state index contributed by atoms with van der Waals surface area (Å²) in [5.74, 6) is 5.40. The van der Waals surface area contributed by atoms with Crippen molar-refractivity contribution in [1.29, 1.82) is 0 Å². The molecule has 0 aliphatic heterocycles. The SMILES string of the molecule is NC(=O)c1c(C#CC2CCCCCCC2)nn(O)c1N. The minimum atomic E-state index is -0.732. The number of nitrogens with zero attached hydrogens (tertiary/aromatic N) is 2. The lowest BCUT2D eigenvalue weighted by atomic mass is 9.91. The Balaban J connectivity index is 2.19. The molecule has 1 amide bonds. The van der Waals surface area contributed by atoms with Crippen molar-refractivity contribution in [1.82, 2.24) is 9.94 Å². The number of nitrogen functional groups attached to an aromatic ring is 1. The normalized spacial score (nSPS) is 16.8. The van der Waals surface area contributed by atoms with E-state index in [1.54, 1.807) is 0 Å². The number of primary amides is 1. The molecule has 1 saturated carbocycles. The third-order valence-corrected chi connectivity index (χ3v) is 3.65. The molecule has 0 aromatic carbocycles. The van der Waals surface area contributed by atoms with Crippen LogP contribution < -0.4 is 11.5 Å². The van der Waals surface area contributed by atoms with Crippen molar-refractivity contribution in [2.45, 2.75) is 44.9 Å². The Hall–Kier alpha value is -2.16. The van der Waals surface area contributed by atoms with E-state index in [-0.39, 0.29) is 17.1 Å². The molecule has 6 heteroatoms. The highest BCUT2D eigenvalue weighted by atomic mass is 16.5. The van der Waals surface area contributed by atoms with Crippen LogP contribution in [-0.2, 0) is 0 Å². The first-order valence-corrected chi connectivity index (χ1v) is 6.98. The molecule has 0 spiro atoms. The number of hydrogen-bond acceptors (Lipinski definition) is 4. The van der Waals surface area contributed by atoms with Gasteiger partial charge in [0.05, 0.1) is 0 Å². The van der Waals surface area contributed by atoms with Crippen LogP contribution >= 0.6 is 0 Å². The average molecular weight is 276 g/mol. The third kappa shape index (κ3) is 3.23. The van der Waals surface area contributed by atoms with Gasteiger partial charge in [0.15, 0.2) is 11.5 Å². The molecule has 1 aromatic heterocycles. The number of anilines is 1. The second-order valence-corrected chi connectivity index (χ2v) is 5.17. The summed E-state index contributed by atoms with van der Waals surface area (Å²) in [6.07, 6.45) is 8.29. The van der Waals surface area contributed by atoms with Crippen LogP contribution in [0.25, 0.3) is 0 Å². The summed E-state index contributed by atoms with van der Waals surface area (Å²) in [5.41, 5.74) is 10.9. The van der Waals surface area contributed by atoms with Crippen molar-refractivity contribution in [3.63, 3.8) is 0 Å². The Kier molecular flexibility index (Phi) is 4.51. The molecule has 0 unspecified atom stereocenters. The Morgan fingerprint density at radius 1 is 1.25 bits per heavy atom. The van der Waals surface area contributed by atoms with E-state index >= 15 is 0 Å². The van der Waals surface area contributed by atoms with Gasteiger partial charge in [-0.25, -0.2) is 0 Å². The van der Waals surface area contributed by atoms with E-state index in [0.717, 1.165) is 12.8 Å². The van der Waals surface area contributed by atoms with Crippen molar-refractivity contribution in [3.8, 4) is 11.8 Å². The first-order chi connectivity index (χ1) is 9.59. The highest BCUT2D eigenvalue weighted by Gasteiger charge is 2.19. The van der Waals surface area contributed by atoms with E-state index in [4.69, 9.17) is 11.5 Å². The predicted molar refractivity (Wildman–Crippen MR) is 75.0 cm³/mol. The molecule has 0 atom stereocenters. The Morgan fingerprint density at radius 2 is 1.85 bits per heavy atom. The zero-order chi connectivity index (χ0) is 14.5. The maximum absolute atomic E-state index is 11.3.